The Kier molecular flexibility index (Phi) is 3.27. The topological polar surface area (TPSA) is 38.5 Å². The smallest absolute Gasteiger partial charge is 0.119 e. The lowest BCUT2D eigenvalue weighted by molar-refractivity contribution is 0.150. The molecule has 18 heavy (non-hydrogen) atoms. The Morgan fingerprint density at radius 3 is 2.72 bits per heavy atom. The molecule has 1 aromatic rings. The number of hydrogen-bond donors (Lipinski definition) is 1. The molecule has 0 saturated carbocycles. The van der Waals surface area contributed by atoms with Gasteiger partial charge in [-0.2, -0.15) is 0 Å². The lowest BCUT2D eigenvalue weighted by Gasteiger charge is -2.34. The first-order chi connectivity index (χ1) is 8.79. The second kappa shape index (κ2) is 4.90. The summed E-state index contributed by atoms with van der Waals surface area (Å²) in [5.41, 5.74) is 9.13. The van der Waals surface area contributed by atoms with Gasteiger partial charge in [-0.25, -0.2) is 0 Å². The van der Waals surface area contributed by atoms with Crippen LogP contribution in [0.25, 0.3) is 0 Å². The SMILES string of the molecule is COc1ccc2c(c1)C(N)C(N1CCCCC1)C2. The van der Waals surface area contributed by atoms with E-state index in [0.717, 1.165) is 12.2 Å². The van der Waals surface area contributed by atoms with Crippen LogP contribution in [-0.2, 0) is 6.42 Å². The van der Waals surface area contributed by atoms with Crippen molar-refractivity contribution < 1.29 is 4.74 Å². The standard InChI is InChI=1S/C15H22N2O/c1-18-12-6-5-11-9-14(15(16)13(11)10-12)17-7-3-2-4-8-17/h5-6,10,14-15H,2-4,7-9,16H2,1H3. The van der Waals surface area contributed by atoms with Crippen LogP contribution in [0.2, 0.25) is 0 Å². The van der Waals surface area contributed by atoms with Crippen LogP contribution in [0.15, 0.2) is 18.2 Å². The van der Waals surface area contributed by atoms with Gasteiger partial charge in [0.1, 0.15) is 5.75 Å². The van der Waals surface area contributed by atoms with Crippen LogP contribution in [0.5, 0.6) is 5.75 Å². The van der Waals surface area contributed by atoms with Crippen LogP contribution in [0.3, 0.4) is 0 Å². The van der Waals surface area contributed by atoms with Gasteiger partial charge in [0.15, 0.2) is 0 Å². The zero-order chi connectivity index (χ0) is 12.5. The summed E-state index contributed by atoms with van der Waals surface area (Å²) in [6, 6.07) is 6.98. The zero-order valence-corrected chi connectivity index (χ0v) is 11.1. The molecule has 2 atom stereocenters. The van der Waals surface area contributed by atoms with E-state index in [-0.39, 0.29) is 6.04 Å². The number of hydrogen-bond acceptors (Lipinski definition) is 3. The fourth-order valence-electron chi connectivity index (χ4n) is 3.36. The third-order valence-electron chi connectivity index (χ3n) is 4.42. The first kappa shape index (κ1) is 12.0. The first-order valence-corrected chi connectivity index (χ1v) is 6.96. The number of likely N-dealkylation sites (tertiary alicyclic amines) is 1. The molecule has 0 aromatic heterocycles. The van der Waals surface area contributed by atoms with Crippen molar-refractivity contribution in [1.82, 2.24) is 4.90 Å². The van der Waals surface area contributed by atoms with E-state index in [0.29, 0.717) is 6.04 Å². The number of piperidine rings is 1. The number of benzene rings is 1. The molecule has 1 aromatic carbocycles. The number of rotatable bonds is 2. The third kappa shape index (κ3) is 2.02. The normalized spacial score (nSPS) is 28.1. The van der Waals surface area contributed by atoms with Crippen molar-refractivity contribution in [3.63, 3.8) is 0 Å². The molecule has 98 valence electrons. The minimum Gasteiger partial charge on any atom is -0.497 e. The van der Waals surface area contributed by atoms with Crippen molar-refractivity contribution in [3.05, 3.63) is 29.3 Å². The van der Waals surface area contributed by atoms with Crippen molar-refractivity contribution in [2.45, 2.75) is 37.8 Å². The van der Waals surface area contributed by atoms with Gasteiger partial charge < -0.3 is 10.5 Å². The maximum absolute atomic E-state index is 6.45. The molecule has 1 saturated heterocycles. The molecular weight excluding hydrogens is 224 g/mol. The Morgan fingerprint density at radius 1 is 1.22 bits per heavy atom. The predicted molar refractivity (Wildman–Crippen MR) is 72.8 cm³/mol. The quantitative estimate of drug-likeness (QED) is 0.868. The summed E-state index contributed by atoms with van der Waals surface area (Å²) in [6.45, 7) is 2.42. The number of nitrogens with zero attached hydrogens (tertiary/aromatic N) is 1. The van der Waals surface area contributed by atoms with Crippen molar-refractivity contribution in [1.29, 1.82) is 0 Å². The molecule has 2 N–H and O–H groups in total. The van der Waals surface area contributed by atoms with Gasteiger partial charge in [0.25, 0.3) is 0 Å². The Balaban J connectivity index is 1.81. The molecular formula is C15H22N2O. The van der Waals surface area contributed by atoms with Gasteiger partial charge in [-0.3, -0.25) is 4.90 Å². The molecule has 1 heterocycles. The average molecular weight is 246 g/mol. The molecule has 0 radical (unpaired) electrons. The van der Waals surface area contributed by atoms with Gasteiger partial charge in [0, 0.05) is 12.1 Å². The number of methoxy groups -OCH3 is 1. The summed E-state index contributed by atoms with van der Waals surface area (Å²) in [5.74, 6) is 0.920. The van der Waals surface area contributed by atoms with Crippen LogP contribution < -0.4 is 10.5 Å². The van der Waals surface area contributed by atoms with Crippen LogP contribution in [0, 0.1) is 0 Å². The highest BCUT2D eigenvalue weighted by molar-refractivity contribution is 5.42. The molecule has 1 aliphatic carbocycles. The summed E-state index contributed by atoms with van der Waals surface area (Å²) in [5, 5.41) is 0. The van der Waals surface area contributed by atoms with Gasteiger partial charge in [-0.05, 0) is 55.6 Å². The maximum Gasteiger partial charge on any atom is 0.119 e. The van der Waals surface area contributed by atoms with Crippen LogP contribution in [0.4, 0.5) is 0 Å². The van der Waals surface area contributed by atoms with Crippen molar-refractivity contribution in [3.8, 4) is 5.75 Å². The van der Waals surface area contributed by atoms with E-state index in [1.54, 1.807) is 7.11 Å². The molecule has 1 aliphatic heterocycles. The summed E-state index contributed by atoms with van der Waals surface area (Å²) in [7, 11) is 1.71. The van der Waals surface area contributed by atoms with E-state index in [2.05, 4.69) is 17.0 Å². The molecule has 3 nitrogen and oxygen atoms in total. The largest absolute Gasteiger partial charge is 0.497 e. The molecule has 2 aliphatic rings. The van der Waals surface area contributed by atoms with Gasteiger partial charge in [-0.1, -0.05) is 12.5 Å². The molecule has 1 fully saturated rings. The Hall–Kier alpha value is -1.06. The van der Waals surface area contributed by atoms with Crippen LogP contribution in [0.1, 0.15) is 36.4 Å². The maximum atomic E-state index is 6.45. The molecule has 2 unspecified atom stereocenters. The average Bonchev–Trinajstić information content (AvgIpc) is 2.77. The van der Waals surface area contributed by atoms with E-state index in [4.69, 9.17) is 10.5 Å². The van der Waals surface area contributed by atoms with E-state index in [1.165, 1.54) is 43.5 Å². The Labute approximate surface area is 109 Å². The molecule has 3 rings (SSSR count). The van der Waals surface area contributed by atoms with Gasteiger partial charge in [-0.15, -0.1) is 0 Å². The summed E-state index contributed by atoms with van der Waals surface area (Å²) < 4.78 is 5.30. The molecule has 0 spiro atoms. The number of ether oxygens (including phenoxy) is 1. The summed E-state index contributed by atoms with van der Waals surface area (Å²) in [4.78, 5) is 2.58. The second-order valence-electron chi connectivity index (χ2n) is 5.46. The van der Waals surface area contributed by atoms with Crippen LogP contribution in [-0.4, -0.2) is 31.1 Å². The van der Waals surface area contributed by atoms with Crippen molar-refractivity contribution in [2.24, 2.45) is 5.73 Å². The fraction of sp³-hybridized carbons (Fsp3) is 0.600. The van der Waals surface area contributed by atoms with E-state index in [9.17, 15) is 0 Å². The molecule has 0 amide bonds. The highest BCUT2D eigenvalue weighted by Gasteiger charge is 2.34. The highest BCUT2D eigenvalue weighted by Crippen LogP contribution is 2.36. The third-order valence-corrected chi connectivity index (χ3v) is 4.42. The number of nitrogens with two attached hydrogens (primary N) is 1. The van der Waals surface area contributed by atoms with Gasteiger partial charge >= 0.3 is 0 Å². The minimum absolute atomic E-state index is 0.146. The molecule has 3 heteroatoms. The molecule has 0 bridgehead atoms. The van der Waals surface area contributed by atoms with E-state index >= 15 is 0 Å². The Morgan fingerprint density at radius 2 is 2.00 bits per heavy atom. The lowest BCUT2D eigenvalue weighted by Crippen LogP contribution is -2.43. The minimum atomic E-state index is 0.146. The number of fused-ring (bicyclic) bond motifs is 1. The monoisotopic (exact) mass is 246 g/mol. The zero-order valence-electron chi connectivity index (χ0n) is 11.1. The Bertz CT molecular complexity index is 427. The van der Waals surface area contributed by atoms with Gasteiger partial charge in [0.2, 0.25) is 0 Å². The van der Waals surface area contributed by atoms with E-state index < -0.39 is 0 Å². The van der Waals surface area contributed by atoms with Gasteiger partial charge in [0.05, 0.1) is 7.11 Å². The van der Waals surface area contributed by atoms with Crippen LogP contribution >= 0.6 is 0 Å². The first-order valence-electron chi connectivity index (χ1n) is 6.96. The highest BCUT2D eigenvalue weighted by atomic mass is 16.5. The summed E-state index contributed by atoms with van der Waals surface area (Å²) in [6.07, 6.45) is 5.12. The van der Waals surface area contributed by atoms with Crippen molar-refractivity contribution >= 4 is 0 Å². The lowest BCUT2D eigenvalue weighted by atomic mass is 10.0. The van der Waals surface area contributed by atoms with Crippen molar-refractivity contribution in [2.75, 3.05) is 20.2 Å². The second-order valence-corrected chi connectivity index (χ2v) is 5.46. The predicted octanol–water partition coefficient (Wildman–Crippen LogP) is 2.11. The summed E-state index contributed by atoms with van der Waals surface area (Å²) >= 11 is 0. The fourth-order valence-corrected chi connectivity index (χ4v) is 3.36. The van der Waals surface area contributed by atoms with E-state index in [1.807, 2.05) is 6.07 Å².